The molecule has 78 valence electrons. The fourth-order valence-corrected chi connectivity index (χ4v) is 1.46. The molecule has 0 bridgehead atoms. The van der Waals surface area contributed by atoms with Crippen LogP contribution >= 0.6 is 0 Å². The molecule has 0 atom stereocenters. The first-order chi connectivity index (χ1) is 7.25. The molecule has 15 heavy (non-hydrogen) atoms. The Kier molecular flexibility index (Phi) is 1.59. The zero-order chi connectivity index (χ0) is 10.4. The Hall–Kier alpha value is -1.85. The van der Waals surface area contributed by atoms with Gasteiger partial charge in [0.1, 0.15) is 11.4 Å². The summed E-state index contributed by atoms with van der Waals surface area (Å²) in [5.74, 6) is 2.28. The van der Waals surface area contributed by atoms with Crippen molar-refractivity contribution in [2.45, 2.75) is 18.8 Å². The lowest BCUT2D eigenvalue weighted by Crippen LogP contribution is -1.98. The summed E-state index contributed by atoms with van der Waals surface area (Å²) < 4.78 is 6.73. The predicted octanol–water partition coefficient (Wildman–Crippen LogP) is 0.930. The number of nitrogens with zero attached hydrogens (tertiary/aromatic N) is 4. The summed E-state index contributed by atoms with van der Waals surface area (Å²) >= 11 is 0. The summed E-state index contributed by atoms with van der Waals surface area (Å²) in [7, 11) is 1.77. The average molecular weight is 205 g/mol. The average Bonchev–Trinajstić information content (AvgIpc) is 2.89. The Morgan fingerprint density at radius 2 is 2.33 bits per heavy atom. The Morgan fingerprint density at radius 3 is 2.93 bits per heavy atom. The summed E-state index contributed by atoms with van der Waals surface area (Å²) in [6, 6.07) is 0. The van der Waals surface area contributed by atoms with E-state index >= 15 is 0 Å². The highest BCUT2D eigenvalue weighted by Crippen LogP contribution is 2.39. The third kappa shape index (κ3) is 1.29. The molecule has 3 rings (SSSR count). The van der Waals surface area contributed by atoms with Gasteiger partial charge < -0.3 is 10.3 Å². The molecule has 2 N–H and O–H groups in total. The monoisotopic (exact) mass is 205 g/mol. The van der Waals surface area contributed by atoms with Gasteiger partial charge in [0.05, 0.1) is 6.20 Å². The van der Waals surface area contributed by atoms with Crippen molar-refractivity contribution >= 4 is 5.82 Å². The van der Waals surface area contributed by atoms with Crippen molar-refractivity contribution in [2.24, 2.45) is 7.05 Å². The van der Waals surface area contributed by atoms with Crippen LogP contribution in [-0.4, -0.2) is 19.9 Å². The van der Waals surface area contributed by atoms with Gasteiger partial charge in [-0.05, 0) is 12.8 Å². The van der Waals surface area contributed by atoms with Crippen molar-refractivity contribution in [1.29, 1.82) is 0 Å². The van der Waals surface area contributed by atoms with Gasteiger partial charge in [0.25, 0.3) is 5.89 Å². The number of hydrogen-bond donors (Lipinski definition) is 1. The van der Waals surface area contributed by atoms with Gasteiger partial charge in [-0.3, -0.25) is 4.68 Å². The molecule has 0 unspecified atom stereocenters. The van der Waals surface area contributed by atoms with E-state index in [2.05, 4.69) is 15.2 Å². The number of anilines is 1. The molecule has 0 aromatic carbocycles. The lowest BCUT2D eigenvalue weighted by Gasteiger charge is -1.93. The largest absolute Gasteiger partial charge is 0.383 e. The first-order valence-electron chi connectivity index (χ1n) is 4.87. The molecule has 6 nitrogen and oxygen atoms in total. The highest BCUT2D eigenvalue weighted by atomic mass is 16.5. The van der Waals surface area contributed by atoms with E-state index in [9.17, 15) is 0 Å². The molecule has 0 aliphatic heterocycles. The minimum Gasteiger partial charge on any atom is -0.383 e. The molecule has 2 aromatic heterocycles. The zero-order valence-electron chi connectivity index (χ0n) is 8.34. The number of rotatable bonds is 2. The van der Waals surface area contributed by atoms with E-state index in [1.165, 1.54) is 0 Å². The third-order valence-corrected chi connectivity index (χ3v) is 2.60. The molecule has 1 aliphatic rings. The zero-order valence-corrected chi connectivity index (χ0v) is 8.34. The topological polar surface area (TPSA) is 82.8 Å². The van der Waals surface area contributed by atoms with Gasteiger partial charge in [-0.15, -0.1) is 0 Å². The molecule has 2 heterocycles. The predicted molar refractivity (Wildman–Crippen MR) is 52.9 cm³/mol. The lowest BCUT2D eigenvalue weighted by molar-refractivity contribution is 0.423. The van der Waals surface area contributed by atoms with Crippen LogP contribution in [0, 0.1) is 0 Å². The normalized spacial score (nSPS) is 15.8. The summed E-state index contributed by atoms with van der Waals surface area (Å²) in [4.78, 5) is 4.31. The van der Waals surface area contributed by atoms with E-state index in [0.717, 1.165) is 18.7 Å². The minimum absolute atomic E-state index is 0.461. The molecule has 0 radical (unpaired) electrons. The minimum atomic E-state index is 0.461. The second-order valence-electron chi connectivity index (χ2n) is 3.80. The van der Waals surface area contributed by atoms with Gasteiger partial charge >= 0.3 is 0 Å². The second kappa shape index (κ2) is 2.82. The van der Waals surface area contributed by atoms with E-state index in [-0.39, 0.29) is 0 Å². The molecule has 1 saturated carbocycles. The van der Waals surface area contributed by atoms with Gasteiger partial charge in [0, 0.05) is 13.0 Å². The van der Waals surface area contributed by atoms with Crippen LogP contribution in [0.25, 0.3) is 11.5 Å². The number of aryl methyl sites for hydroxylation is 1. The SMILES string of the molecule is Cn1ncc(-c2nc(C3CC3)no2)c1N. The van der Waals surface area contributed by atoms with E-state index in [1.807, 2.05) is 0 Å². The van der Waals surface area contributed by atoms with E-state index < -0.39 is 0 Å². The number of hydrogen-bond acceptors (Lipinski definition) is 5. The second-order valence-corrected chi connectivity index (χ2v) is 3.80. The molecule has 0 saturated heterocycles. The van der Waals surface area contributed by atoms with Crippen LogP contribution in [0.3, 0.4) is 0 Å². The molecule has 0 amide bonds. The van der Waals surface area contributed by atoms with E-state index in [4.69, 9.17) is 10.3 Å². The molecule has 2 aromatic rings. The van der Waals surface area contributed by atoms with Crippen LogP contribution in [0.2, 0.25) is 0 Å². The molecular weight excluding hydrogens is 194 g/mol. The van der Waals surface area contributed by atoms with Crippen molar-refractivity contribution < 1.29 is 4.52 Å². The number of nitrogens with two attached hydrogens (primary N) is 1. The van der Waals surface area contributed by atoms with E-state index in [1.54, 1.807) is 17.9 Å². The van der Waals surface area contributed by atoms with Crippen LogP contribution in [0.4, 0.5) is 5.82 Å². The molecular formula is C9H11N5O. The van der Waals surface area contributed by atoms with Gasteiger partial charge in [0.15, 0.2) is 5.82 Å². The Bertz CT molecular complexity index is 496. The smallest absolute Gasteiger partial charge is 0.263 e. The highest BCUT2D eigenvalue weighted by Gasteiger charge is 2.29. The van der Waals surface area contributed by atoms with Crippen LogP contribution in [0.1, 0.15) is 24.6 Å². The van der Waals surface area contributed by atoms with Gasteiger partial charge in [-0.25, -0.2) is 0 Å². The Labute approximate surface area is 86.1 Å². The lowest BCUT2D eigenvalue weighted by atomic mass is 10.3. The Morgan fingerprint density at radius 1 is 1.53 bits per heavy atom. The van der Waals surface area contributed by atoms with Crippen molar-refractivity contribution in [3.8, 4) is 11.5 Å². The van der Waals surface area contributed by atoms with E-state index in [0.29, 0.717) is 23.2 Å². The van der Waals surface area contributed by atoms with Crippen LogP contribution in [0.5, 0.6) is 0 Å². The molecule has 6 heteroatoms. The van der Waals surface area contributed by atoms with Crippen molar-refractivity contribution in [1.82, 2.24) is 19.9 Å². The van der Waals surface area contributed by atoms with Crippen LogP contribution in [0.15, 0.2) is 10.7 Å². The fourth-order valence-electron chi connectivity index (χ4n) is 1.46. The first-order valence-corrected chi connectivity index (χ1v) is 4.87. The third-order valence-electron chi connectivity index (χ3n) is 2.60. The maximum Gasteiger partial charge on any atom is 0.263 e. The fraction of sp³-hybridized carbons (Fsp3) is 0.444. The molecule has 0 spiro atoms. The quantitative estimate of drug-likeness (QED) is 0.788. The standard InChI is InChI=1S/C9H11N5O/c1-14-7(10)6(4-11-14)9-12-8(13-15-9)5-2-3-5/h4-5H,2-3,10H2,1H3. The number of aromatic nitrogens is 4. The summed E-state index contributed by atoms with van der Waals surface area (Å²) in [5, 5.41) is 7.95. The molecule has 1 aliphatic carbocycles. The maximum absolute atomic E-state index is 5.81. The van der Waals surface area contributed by atoms with Crippen molar-refractivity contribution in [3.63, 3.8) is 0 Å². The highest BCUT2D eigenvalue weighted by molar-refractivity contribution is 5.66. The maximum atomic E-state index is 5.81. The Balaban J connectivity index is 2.00. The van der Waals surface area contributed by atoms with Crippen molar-refractivity contribution in [2.75, 3.05) is 5.73 Å². The van der Waals surface area contributed by atoms with Crippen LogP contribution < -0.4 is 5.73 Å². The van der Waals surface area contributed by atoms with Gasteiger partial charge in [-0.2, -0.15) is 10.1 Å². The summed E-state index contributed by atoms with van der Waals surface area (Å²) in [5.41, 5.74) is 6.51. The van der Waals surface area contributed by atoms with Gasteiger partial charge in [0.2, 0.25) is 0 Å². The van der Waals surface area contributed by atoms with Gasteiger partial charge in [-0.1, -0.05) is 5.16 Å². The first kappa shape index (κ1) is 8.46. The molecule has 1 fully saturated rings. The summed E-state index contributed by atoms with van der Waals surface area (Å²) in [6.45, 7) is 0. The summed E-state index contributed by atoms with van der Waals surface area (Å²) in [6.07, 6.45) is 3.95. The van der Waals surface area contributed by atoms with Crippen LogP contribution in [-0.2, 0) is 7.05 Å². The number of nitrogen functional groups attached to an aromatic ring is 1. The van der Waals surface area contributed by atoms with Crippen molar-refractivity contribution in [3.05, 3.63) is 12.0 Å².